The molecule has 5 aromatic rings. The van der Waals surface area contributed by atoms with Gasteiger partial charge < -0.3 is 14.2 Å². The lowest BCUT2D eigenvalue weighted by Crippen LogP contribution is -2.49. The minimum atomic E-state index is -0.990. The summed E-state index contributed by atoms with van der Waals surface area (Å²) >= 11 is 0. The second-order valence-electron chi connectivity index (χ2n) is 9.71. The first kappa shape index (κ1) is 19.6. The molecule has 4 heteroatoms. The fourth-order valence-electron chi connectivity index (χ4n) is 4.60. The fraction of sp³-hybridized carbons (Fsp3) is 0.214. The summed E-state index contributed by atoms with van der Waals surface area (Å²) in [5.74, 6) is 0. The second kappa shape index (κ2) is 6.47. The Morgan fingerprint density at radius 3 is 2.19 bits per heavy atom. The Hall–Kier alpha value is -3.08. The predicted octanol–water partition coefficient (Wildman–Crippen LogP) is 6.20. The number of para-hydroxylation sites is 1. The molecule has 1 N–H and O–H groups in total. The molecule has 4 aromatic carbocycles. The second-order valence-corrected chi connectivity index (χ2v) is 9.71. The molecule has 0 saturated carbocycles. The van der Waals surface area contributed by atoms with Crippen LogP contribution in [-0.2, 0) is 4.65 Å². The monoisotopic (exact) mass is 419 g/mol. The molecule has 0 spiro atoms. The van der Waals surface area contributed by atoms with Crippen LogP contribution >= 0.6 is 0 Å². The molecule has 3 nitrogen and oxygen atoms in total. The molecule has 1 radical (unpaired) electrons. The minimum absolute atomic E-state index is 0.750. The van der Waals surface area contributed by atoms with E-state index in [1.54, 1.807) is 21.3 Å². The maximum Gasteiger partial charge on any atom is 0.334 e. The molecular formula is C28H24BO3. The number of furan rings is 1. The predicted molar refractivity (Wildman–Crippen MR) is 133 cm³/mol. The van der Waals surface area contributed by atoms with Crippen molar-refractivity contribution in [1.29, 1.82) is 0 Å². The van der Waals surface area contributed by atoms with Gasteiger partial charge >= 0.3 is 7.48 Å². The first-order valence-electron chi connectivity index (χ1n) is 11.0. The van der Waals surface area contributed by atoms with Crippen molar-refractivity contribution in [2.45, 2.75) is 38.9 Å². The van der Waals surface area contributed by atoms with Gasteiger partial charge in [-0.15, -0.1) is 0 Å². The third kappa shape index (κ3) is 2.63. The SMILES string of the molecule is CC(C)(O)C(C)(C)O[B]c1cccc2c1oc1c3c(ccc12)-c1cccc2cccc-3c12. The molecule has 0 amide bonds. The summed E-state index contributed by atoms with van der Waals surface area (Å²) < 4.78 is 12.6. The Bertz CT molecular complexity index is 1530. The summed E-state index contributed by atoms with van der Waals surface area (Å²) in [4.78, 5) is 0. The van der Waals surface area contributed by atoms with Gasteiger partial charge in [0.05, 0.1) is 11.2 Å². The normalized spacial score (nSPS) is 13.3. The van der Waals surface area contributed by atoms with Gasteiger partial charge in [-0.1, -0.05) is 60.7 Å². The van der Waals surface area contributed by atoms with E-state index in [2.05, 4.69) is 54.6 Å². The van der Waals surface area contributed by atoms with Gasteiger partial charge in [0.25, 0.3) is 0 Å². The summed E-state index contributed by atoms with van der Waals surface area (Å²) in [5.41, 5.74) is 5.69. The van der Waals surface area contributed by atoms with Gasteiger partial charge in [-0.3, -0.25) is 0 Å². The van der Waals surface area contributed by atoms with E-state index in [1.807, 2.05) is 26.0 Å². The summed E-state index contributed by atoms with van der Waals surface area (Å²) in [6.45, 7) is 7.27. The van der Waals surface area contributed by atoms with Gasteiger partial charge in [0.2, 0.25) is 0 Å². The quantitative estimate of drug-likeness (QED) is 0.346. The van der Waals surface area contributed by atoms with E-state index in [0.717, 1.165) is 33.0 Å². The highest BCUT2D eigenvalue weighted by Crippen LogP contribution is 2.51. The molecule has 0 aliphatic heterocycles. The lowest BCUT2D eigenvalue weighted by Gasteiger charge is -2.37. The molecule has 0 atom stereocenters. The highest BCUT2D eigenvalue weighted by Gasteiger charge is 2.36. The van der Waals surface area contributed by atoms with Crippen LogP contribution in [0.5, 0.6) is 0 Å². The number of rotatable bonds is 4. The van der Waals surface area contributed by atoms with Gasteiger partial charge in [0.15, 0.2) is 0 Å². The van der Waals surface area contributed by atoms with Gasteiger partial charge in [0, 0.05) is 16.3 Å². The topological polar surface area (TPSA) is 42.6 Å². The Morgan fingerprint density at radius 2 is 1.44 bits per heavy atom. The molecule has 1 aliphatic carbocycles. The van der Waals surface area contributed by atoms with Crippen molar-refractivity contribution in [2.24, 2.45) is 0 Å². The number of benzene rings is 4. The zero-order valence-corrected chi connectivity index (χ0v) is 18.7. The van der Waals surface area contributed by atoms with Gasteiger partial charge in [-0.05, 0) is 66.7 Å². The molecule has 0 saturated heterocycles. The van der Waals surface area contributed by atoms with E-state index < -0.39 is 11.2 Å². The van der Waals surface area contributed by atoms with E-state index in [1.165, 1.54) is 27.5 Å². The van der Waals surface area contributed by atoms with Crippen LogP contribution < -0.4 is 5.46 Å². The van der Waals surface area contributed by atoms with Crippen LogP contribution in [0, 0.1) is 0 Å². The van der Waals surface area contributed by atoms with Crippen LogP contribution in [0.25, 0.3) is 55.0 Å². The van der Waals surface area contributed by atoms with Crippen molar-refractivity contribution in [3.63, 3.8) is 0 Å². The van der Waals surface area contributed by atoms with Crippen molar-refractivity contribution in [2.75, 3.05) is 0 Å². The van der Waals surface area contributed by atoms with Crippen molar-refractivity contribution in [1.82, 2.24) is 0 Å². The van der Waals surface area contributed by atoms with E-state index in [-0.39, 0.29) is 0 Å². The highest BCUT2D eigenvalue weighted by atomic mass is 16.5. The van der Waals surface area contributed by atoms with Gasteiger partial charge in [-0.2, -0.15) is 0 Å². The third-order valence-corrected chi connectivity index (χ3v) is 7.12. The molecule has 6 rings (SSSR count). The Labute approximate surface area is 187 Å². The molecule has 1 aliphatic rings. The number of aliphatic hydroxyl groups is 1. The van der Waals surface area contributed by atoms with Gasteiger partial charge in [0.1, 0.15) is 11.2 Å². The van der Waals surface area contributed by atoms with Crippen molar-refractivity contribution in [3.05, 3.63) is 66.7 Å². The average molecular weight is 419 g/mol. The molecule has 1 aromatic heterocycles. The summed E-state index contributed by atoms with van der Waals surface area (Å²) in [7, 11) is 1.71. The summed E-state index contributed by atoms with van der Waals surface area (Å²) in [6.07, 6.45) is 0. The molecule has 0 unspecified atom stereocenters. The van der Waals surface area contributed by atoms with Crippen molar-refractivity contribution in [3.8, 4) is 22.3 Å². The smallest absolute Gasteiger partial charge is 0.334 e. The highest BCUT2D eigenvalue weighted by molar-refractivity contribution is 6.51. The van der Waals surface area contributed by atoms with Crippen LogP contribution in [0.15, 0.2) is 71.1 Å². The van der Waals surface area contributed by atoms with Crippen LogP contribution in [0.3, 0.4) is 0 Å². The average Bonchev–Trinajstić information content (AvgIpc) is 3.30. The van der Waals surface area contributed by atoms with Crippen molar-refractivity contribution >= 4 is 45.7 Å². The first-order chi connectivity index (χ1) is 15.3. The largest absolute Gasteiger partial charge is 0.456 e. The number of hydrogen-bond acceptors (Lipinski definition) is 3. The van der Waals surface area contributed by atoms with E-state index in [0.29, 0.717) is 0 Å². The zero-order chi connectivity index (χ0) is 22.3. The van der Waals surface area contributed by atoms with E-state index in [4.69, 9.17) is 9.07 Å². The first-order valence-corrected chi connectivity index (χ1v) is 11.0. The molecule has 0 fully saturated rings. The number of fused-ring (bicyclic) bond motifs is 7. The van der Waals surface area contributed by atoms with Crippen LogP contribution in [0.4, 0.5) is 0 Å². The third-order valence-electron chi connectivity index (χ3n) is 7.12. The lowest BCUT2D eigenvalue weighted by molar-refractivity contribution is -0.0893. The Balaban J connectivity index is 1.55. The molecule has 157 valence electrons. The summed E-state index contributed by atoms with van der Waals surface area (Å²) in [6, 6.07) is 23.4. The maximum atomic E-state index is 10.4. The Morgan fingerprint density at radius 1 is 0.750 bits per heavy atom. The minimum Gasteiger partial charge on any atom is -0.456 e. The van der Waals surface area contributed by atoms with E-state index in [9.17, 15) is 5.11 Å². The Kier molecular flexibility index (Phi) is 3.96. The number of hydrogen-bond donors (Lipinski definition) is 1. The van der Waals surface area contributed by atoms with Crippen LogP contribution in [0.1, 0.15) is 27.7 Å². The molecule has 32 heavy (non-hydrogen) atoms. The summed E-state index contributed by atoms with van der Waals surface area (Å²) in [5, 5.41) is 15.1. The zero-order valence-electron chi connectivity index (χ0n) is 18.7. The lowest BCUT2D eigenvalue weighted by atomic mass is 9.82. The molecular weight excluding hydrogens is 395 g/mol. The standard InChI is InChI=1S/C28H24BO3/c1-27(2,30)28(3,4)32-29-22-13-7-11-19-20-15-14-18-17-10-5-8-16-9-6-12-21(23(16)17)24(18)26(20)31-25(19)22/h5-15,30H,1-4H3. The van der Waals surface area contributed by atoms with Crippen molar-refractivity contribution < 1.29 is 14.2 Å². The molecule has 1 heterocycles. The van der Waals surface area contributed by atoms with Gasteiger partial charge in [-0.25, -0.2) is 0 Å². The fourth-order valence-corrected chi connectivity index (χ4v) is 4.60. The van der Waals surface area contributed by atoms with Crippen LogP contribution in [-0.4, -0.2) is 23.8 Å². The molecule has 0 bridgehead atoms. The maximum absolute atomic E-state index is 10.4. The van der Waals surface area contributed by atoms with Crippen LogP contribution in [0.2, 0.25) is 0 Å². The van der Waals surface area contributed by atoms with E-state index >= 15 is 0 Å².